The standard InChI is InChI=1S/C14H20ClNO2/c1-14(2,3)11-7-9(15)6-10(13(11)17)12-8-16-4-5-18-12/h6-7,12,16-17H,4-5,8H2,1-3H3. The maximum Gasteiger partial charge on any atom is 0.125 e. The number of phenolic OH excluding ortho intramolecular Hbond substituents is 1. The topological polar surface area (TPSA) is 41.5 Å². The van der Waals surface area contributed by atoms with Crippen molar-refractivity contribution in [2.45, 2.75) is 32.3 Å². The third-order valence-corrected chi connectivity index (χ3v) is 3.40. The van der Waals surface area contributed by atoms with Crippen molar-refractivity contribution in [1.29, 1.82) is 0 Å². The number of nitrogens with one attached hydrogen (secondary N) is 1. The number of benzene rings is 1. The Morgan fingerprint density at radius 3 is 2.67 bits per heavy atom. The van der Waals surface area contributed by atoms with E-state index in [-0.39, 0.29) is 11.5 Å². The van der Waals surface area contributed by atoms with E-state index in [0.29, 0.717) is 23.9 Å². The average molecular weight is 270 g/mol. The zero-order valence-electron chi connectivity index (χ0n) is 11.1. The van der Waals surface area contributed by atoms with Crippen molar-refractivity contribution < 1.29 is 9.84 Å². The van der Waals surface area contributed by atoms with Crippen LogP contribution in [0.25, 0.3) is 0 Å². The van der Waals surface area contributed by atoms with E-state index in [9.17, 15) is 5.11 Å². The molecule has 1 heterocycles. The van der Waals surface area contributed by atoms with Gasteiger partial charge in [-0.3, -0.25) is 0 Å². The molecule has 0 aliphatic carbocycles. The SMILES string of the molecule is CC(C)(C)c1cc(Cl)cc(C2CNCCO2)c1O. The van der Waals surface area contributed by atoms with Gasteiger partial charge in [0.05, 0.1) is 12.7 Å². The molecular formula is C14H20ClNO2. The molecule has 0 saturated carbocycles. The van der Waals surface area contributed by atoms with E-state index in [0.717, 1.165) is 17.7 Å². The molecule has 0 spiro atoms. The first kappa shape index (κ1) is 13.7. The summed E-state index contributed by atoms with van der Waals surface area (Å²) in [6.07, 6.45) is -0.126. The molecule has 1 fully saturated rings. The first-order chi connectivity index (χ1) is 8.39. The highest BCUT2D eigenvalue weighted by Gasteiger charge is 2.26. The summed E-state index contributed by atoms with van der Waals surface area (Å²) in [7, 11) is 0. The van der Waals surface area contributed by atoms with E-state index in [1.54, 1.807) is 6.07 Å². The van der Waals surface area contributed by atoms with Crippen LogP contribution in [0.3, 0.4) is 0 Å². The van der Waals surface area contributed by atoms with E-state index < -0.39 is 0 Å². The minimum atomic E-state index is -0.147. The van der Waals surface area contributed by atoms with Gasteiger partial charge in [0.1, 0.15) is 5.75 Å². The van der Waals surface area contributed by atoms with Crippen LogP contribution in [0.4, 0.5) is 0 Å². The van der Waals surface area contributed by atoms with Crippen LogP contribution in [0.15, 0.2) is 12.1 Å². The molecule has 18 heavy (non-hydrogen) atoms. The van der Waals surface area contributed by atoms with Crippen molar-refractivity contribution in [3.05, 3.63) is 28.3 Å². The van der Waals surface area contributed by atoms with Gasteiger partial charge in [-0.2, -0.15) is 0 Å². The fourth-order valence-electron chi connectivity index (χ4n) is 2.20. The third-order valence-electron chi connectivity index (χ3n) is 3.19. The van der Waals surface area contributed by atoms with Gasteiger partial charge in [0, 0.05) is 29.2 Å². The molecule has 3 nitrogen and oxygen atoms in total. The van der Waals surface area contributed by atoms with Gasteiger partial charge in [-0.1, -0.05) is 32.4 Å². The summed E-state index contributed by atoms with van der Waals surface area (Å²) in [6.45, 7) is 8.38. The molecule has 1 aromatic rings. The van der Waals surface area contributed by atoms with Gasteiger partial charge in [-0.05, 0) is 17.5 Å². The fourth-order valence-corrected chi connectivity index (χ4v) is 2.43. The van der Waals surface area contributed by atoms with E-state index in [1.807, 2.05) is 6.07 Å². The van der Waals surface area contributed by atoms with E-state index in [4.69, 9.17) is 16.3 Å². The van der Waals surface area contributed by atoms with Crippen molar-refractivity contribution in [2.24, 2.45) is 0 Å². The van der Waals surface area contributed by atoms with Crippen molar-refractivity contribution in [3.8, 4) is 5.75 Å². The molecule has 1 unspecified atom stereocenters. The Morgan fingerprint density at radius 1 is 1.39 bits per heavy atom. The second kappa shape index (κ2) is 5.08. The third kappa shape index (κ3) is 2.79. The molecule has 4 heteroatoms. The number of hydrogen-bond donors (Lipinski definition) is 2. The summed E-state index contributed by atoms with van der Waals surface area (Å²) < 4.78 is 5.69. The van der Waals surface area contributed by atoms with Crippen LogP contribution < -0.4 is 5.32 Å². The molecule has 2 rings (SSSR count). The Hall–Kier alpha value is -0.770. The van der Waals surface area contributed by atoms with Gasteiger partial charge in [-0.15, -0.1) is 0 Å². The summed E-state index contributed by atoms with van der Waals surface area (Å²) in [5.74, 6) is 0.306. The van der Waals surface area contributed by atoms with Gasteiger partial charge in [0.25, 0.3) is 0 Å². The number of halogens is 1. The van der Waals surface area contributed by atoms with Crippen molar-refractivity contribution in [2.75, 3.05) is 19.7 Å². The van der Waals surface area contributed by atoms with Crippen LogP contribution >= 0.6 is 11.6 Å². The predicted molar refractivity (Wildman–Crippen MR) is 73.4 cm³/mol. The van der Waals surface area contributed by atoms with Crippen molar-refractivity contribution >= 4 is 11.6 Å². The van der Waals surface area contributed by atoms with Crippen LogP contribution in [0, 0.1) is 0 Å². The summed E-state index contributed by atoms with van der Waals surface area (Å²) in [6, 6.07) is 3.63. The molecular weight excluding hydrogens is 250 g/mol. The second-order valence-electron chi connectivity index (χ2n) is 5.70. The van der Waals surface area contributed by atoms with Gasteiger partial charge in [0.15, 0.2) is 0 Å². The van der Waals surface area contributed by atoms with Crippen LogP contribution in [0.1, 0.15) is 38.0 Å². The number of hydrogen-bond acceptors (Lipinski definition) is 3. The lowest BCUT2D eigenvalue weighted by molar-refractivity contribution is 0.0262. The highest BCUT2D eigenvalue weighted by atomic mass is 35.5. The molecule has 1 aromatic carbocycles. The van der Waals surface area contributed by atoms with Crippen molar-refractivity contribution in [1.82, 2.24) is 5.32 Å². The first-order valence-electron chi connectivity index (χ1n) is 6.25. The highest BCUT2D eigenvalue weighted by molar-refractivity contribution is 6.30. The van der Waals surface area contributed by atoms with Gasteiger partial charge < -0.3 is 15.2 Å². The summed E-state index contributed by atoms with van der Waals surface area (Å²) in [5.41, 5.74) is 1.49. The molecule has 1 aliphatic rings. The Kier molecular flexibility index (Phi) is 3.85. The number of morpholine rings is 1. The number of phenols is 1. The molecule has 1 saturated heterocycles. The highest BCUT2D eigenvalue weighted by Crippen LogP contribution is 2.39. The van der Waals surface area contributed by atoms with E-state index in [2.05, 4.69) is 26.1 Å². The zero-order valence-corrected chi connectivity index (χ0v) is 11.8. The minimum absolute atomic E-state index is 0.126. The molecule has 0 aromatic heterocycles. The molecule has 0 amide bonds. The Morgan fingerprint density at radius 2 is 2.11 bits per heavy atom. The lowest BCUT2D eigenvalue weighted by Gasteiger charge is -2.28. The first-order valence-corrected chi connectivity index (χ1v) is 6.62. The fraction of sp³-hybridized carbons (Fsp3) is 0.571. The summed E-state index contributed by atoms with van der Waals surface area (Å²) >= 11 is 6.16. The number of rotatable bonds is 1. The van der Waals surface area contributed by atoms with Gasteiger partial charge in [0.2, 0.25) is 0 Å². The molecule has 100 valence electrons. The zero-order chi connectivity index (χ0) is 13.3. The maximum absolute atomic E-state index is 10.4. The number of aromatic hydroxyl groups is 1. The lowest BCUT2D eigenvalue weighted by Crippen LogP contribution is -2.33. The van der Waals surface area contributed by atoms with Crippen LogP contribution in [0.5, 0.6) is 5.75 Å². The monoisotopic (exact) mass is 269 g/mol. The predicted octanol–water partition coefficient (Wildman–Crippen LogP) is 3.00. The quantitative estimate of drug-likeness (QED) is 0.824. The van der Waals surface area contributed by atoms with Crippen LogP contribution in [-0.2, 0) is 10.2 Å². The van der Waals surface area contributed by atoms with Crippen LogP contribution in [0.2, 0.25) is 5.02 Å². The van der Waals surface area contributed by atoms with Gasteiger partial charge >= 0.3 is 0 Å². The maximum atomic E-state index is 10.4. The molecule has 0 bridgehead atoms. The molecule has 0 radical (unpaired) electrons. The number of ether oxygens (including phenoxy) is 1. The summed E-state index contributed by atoms with van der Waals surface area (Å²) in [5, 5.41) is 14.3. The van der Waals surface area contributed by atoms with E-state index in [1.165, 1.54) is 0 Å². The lowest BCUT2D eigenvalue weighted by atomic mass is 9.84. The normalized spacial score (nSPS) is 21.0. The van der Waals surface area contributed by atoms with E-state index >= 15 is 0 Å². The smallest absolute Gasteiger partial charge is 0.125 e. The van der Waals surface area contributed by atoms with Crippen LogP contribution in [-0.4, -0.2) is 24.8 Å². The molecule has 2 N–H and O–H groups in total. The Labute approximate surface area is 113 Å². The van der Waals surface area contributed by atoms with Gasteiger partial charge in [-0.25, -0.2) is 0 Å². The Balaban J connectivity index is 2.44. The Bertz CT molecular complexity index is 434. The molecule has 1 atom stereocenters. The minimum Gasteiger partial charge on any atom is -0.507 e. The van der Waals surface area contributed by atoms with Crippen molar-refractivity contribution in [3.63, 3.8) is 0 Å². The molecule has 1 aliphatic heterocycles. The largest absolute Gasteiger partial charge is 0.507 e. The summed E-state index contributed by atoms with van der Waals surface area (Å²) in [4.78, 5) is 0. The second-order valence-corrected chi connectivity index (χ2v) is 6.14. The average Bonchev–Trinajstić information content (AvgIpc) is 2.31.